The molecule has 0 radical (unpaired) electrons. The standard InChI is InChI=1S/C19H32O4/c1-11(2)12(3)8-13-6-7-16-19(21-13)9-14(20-16)17-15(10-19)22-18(4,5)23-17/h11-17H,6-10H2,1-5H3/t12-,13?,14+,15-,16+,17?,19-/m1/s1. The second kappa shape index (κ2) is 5.42. The zero-order chi connectivity index (χ0) is 16.4. The average molecular weight is 324 g/mol. The molecule has 1 spiro atoms. The van der Waals surface area contributed by atoms with Gasteiger partial charge in [0.1, 0.15) is 6.10 Å². The summed E-state index contributed by atoms with van der Waals surface area (Å²) in [6.45, 7) is 11.0. The summed E-state index contributed by atoms with van der Waals surface area (Å²) in [5.41, 5.74) is -0.130. The van der Waals surface area contributed by atoms with E-state index in [2.05, 4.69) is 20.8 Å². The SMILES string of the molecule is CC(C)[C@H](C)CC1CC[C@@H]2O[C@H]3C[C@]2(C[C@H]2OC(C)(C)OC32)O1. The van der Waals surface area contributed by atoms with Crippen molar-refractivity contribution in [1.82, 2.24) is 0 Å². The van der Waals surface area contributed by atoms with E-state index in [1.165, 1.54) is 0 Å². The van der Waals surface area contributed by atoms with Crippen molar-refractivity contribution >= 4 is 0 Å². The molecule has 0 aromatic carbocycles. The molecule has 7 atom stereocenters. The highest BCUT2D eigenvalue weighted by molar-refractivity contribution is 5.11. The van der Waals surface area contributed by atoms with Gasteiger partial charge in [0.2, 0.25) is 0 Å². The first-order valence-electron chi connectivity index (χ1n) is 9.47. The van der Waals surface area contributed by atoms with E-state index in [9.17, 15) is 0 Å². The van der Waals surface area contributed by atoms with Crippen LogP contribution in [-0.4, -0.2) is 41.9 Å². The molecule has 2 bridgehead atoms. The van der Waals surface area contributed by atoms with Gasteiger partial charge in [0.15, 0.2) is 5.79 Å². The quantitative estimate of drug-likeness (QED) is 0.794. The number of fused-ring (bicyclic) bond motifs is 3. The van der Waals surface area contributed by atoms with Crippen LogP contribution in [0, 0.1) is 11.8 Å². The predicted molar refractivity (Wildman–Crippen MR) is 87.2 cm³/mol. The molecule has 4 fully saturated rings. The molecule has 2 unspecified atom stereocenters. The summed E-state index contributed by atoms with van der Waals surface area (Å²) in [7, 11) is 0. The monoisotopic (exact) mass is 324 g/mol. The maximum atomic E-state index is 6.71. The van der Waals surface area contributed by atoms with Crippen molar-refractivity contribution in [3.63, 3.8) is 0 Å². The van der Waals surface area contributed by atoms with Gasteiger partial charge in [-0.15, -0.1) is 0 Å². The Labute approximate surface area is 140 Å². The van der Waals surface area contributed by atoms with Gasteiger partial charge >= 0.3 is 0 Å². The lowest BCUT2D eigenvalue weighted by Gasteiger charge is -2.45. The van der Waals surface area contributed by atoms with Crippen molar-refractivity contribution in [3.05, 3.63) is 0 Å². The van der Waals surface area contributed by atoms with Crippen LogP contribution >= 0.6 is 0 Å². The van der Waals surface area contributed by atoms with Crippen LogP contribution in [0.1, 0.15) is 66.7 Å². The van der Waals surface area contributed by atoms with Crippen LogP contribution in [0.2, 0.25) is 0 Å². The highest BCUT2D eigenvalue weighted by Gasteiger charge is 2.64. The minimum Gasteiger partial charge on any atom is -0.369 e. The lowest BCUT2D eigenvalue weighted by molar-refractivity contribution is -0.194. The van der Waals surface area contributed by atoms with Crippen LogP contribution in [0.3, 0.4) is 0 Å². The van der Waals surface area contributed by atoms with Crippen molar-refractivity contribution in [2.75, 3.05) is 0 Å². The minimum absolute atomic E-state index is 0.0814. The van der Waals surface area contributed by atoms with Gasteiger partial charge < -0.3 is 18.9 Å². The second-order valence-corrected chi connectivity index (χ2v) is 9.05. The van der Waals surface area contributed by atoms with Gasteiger partial charge in [0.05, 0.1) is 30.0 Å². The van der Waals surface area contributed by atoms with Gasteiger partial charge in [-0.1, -0.05) is 20.8 Å². The fourth-order valence-electron chi connectivity index (χ4n) is 5.02. The van der Waals surface area contributed by atoms with E-state index in [1.807, 2.05) is 13.8 Å². The number of rotatable bonds is 3. The summed E-state index contributed by atoms with van der Waals surface area (Å²) in [5.74, 6) is 0.923. The van der Waals surface area contributed by atoms with Crippen LogP contribution in [0.25, 0.3) is 0 Å². The summed E-state index contributed by atoms with van der Waals surface area (Å²) in [5, 5.41) is 0. The molecule has 1 saturated carbocycles. The molecule has 4 aliphatic rings. The summed E-state index contributed by atoms with van der Waals surface area (Å²) < 4.78 is 25.3. The molecule has 23 heavy (non-hydrogen) atoms. The van der Waals surface area contributed by atoms with Crippen LogP contribution in [0.15, 0.2) is 0 Å². The van der Waals surface area contributed by atoms with E-state index in [4.69, 9.17) is 18.9 Å². The van der Waals surface area contributed by atoms with E-state index in [0.29, 0.717) is 17.9 Å². The van der Waals surface area contributed by atoms with Crippen molar-refractivity contribution < 1.29 is 18.9 Å². The second-order valence-electron chi connectivity index (χ2n) is 9.05. The van der Waals surface area contributed by atoms with Gasteiger partial charge in [-0.2, -0.15) is 0 Å². The molecule has 3 heterocycles. The Hall–Kier alpha value is -0.160. The van der Waals surface area contributed by atoms with Crippen molar-refractivity contribution in [2.45, 2.75) is 109 Å². The molecule has 4 heteroatoms. The minimum atomic E-state index is -0.491. The van der Waals surface area contributed by atoms with Crippen molar-refractivity contribution in [2.24, 2.45) is 11.8 Å². The van der Waals surface area contributed by atoms with Gasteiger partial charge in [-0.3, -0.25) is 0 Å². The molecule has 0 aromatic rings. The first-order chi connectivity index (χ1) is 10.8. The lowest BCUT2D eigenvalue weighted by Crippen LogP contribution is -2.53. The van der Waals surface area contributed by atoms with E-state index in [-0.39, 0.29) is 30.0 Å². The Morgan fingerprint density at radius 1 is 0.957 bits per heavy atom. The topological polar surface area (TPSA) is 36.9 Å². The maximum Gasteiger partial charge on any atom is 0.163 e. The summed E-state index contributed by atoms with van der Waals surface area (Å²) >= 11 is 0. The molecule has 4 rings (SSSR count). The largest absolute Gasteiger partial charge is 0.369 e. The predicted octanol–water partition coefficient (Wildman–Crippen LogP) is 3.67. The normalized spacial score (nSPS) is 49.0. The van der Waals surface area contributed by atoms with Crippen molar-refractivity contribution in [3.8, 4) is 0 Å². The Bertz CT molecular complexity index is 462. The molecule has 0 aromatic heterocycles. The van der Waals surface area contributed by atoms with Gasteiger partial charge in [0.25, 0.3) is 0 Å². The fraction of sp³-hybridized carbons (Fsp3) is 1.00. The Balaban J connectivity index is 1.48. The highest BCUT2D eigenvalue weighted by Crippen LogP contribution is 2.53. The van der Waals surface area contributed by atoms with E-state index >= 15 is 0 Å². The third-order valence-corrected chi connectivity index (χ3v) is 6.53. The number of ether oxygens (including phenoxy) is 4. The van der Waals surface area contributed by atoms with Crippen LogP contribution in [-0.2, 0) is 18.9 Å². The number of hydrogen-bond acceptors (Lipinski definition) is 4. The molecule has 4 nitrogen and oxygen atoms in total. The smallest absolute Gasteiger partial charge is 0.163 e. The van der Waals surface area contributed by atoms with Gasteiger partial charge in [0, 0.05) is 12.8 Å². The van der Waals surface area contributed by atoms with E-state index in [1.54, 1.807) is 0 Å². The van der Waals surface area contributed by atoms with E-state index < -0.39 is 5.79 Å². The third-order valence-electron chi connectivity index (χ3n) is 6.53. The van der Waals surface area contributed by atoms with E-state index in [0.717, 1.165) is 32.1 Å². The molecule has 132 valence electrons. The highest BCUT2D eigenvalue weighted by atomic mass is 16.8. The lowest BCUT2D eigenvalue weighted by atomic mass is 9.75. The Kier molecular flexibility index (Phi) is 3.84. The fourth-order valence-corrected chi connectivity index (χ4v) is 5.02. The van der Waals surface area contributed by atoms with Crippen molar-refractivity contribution in [1.29, 1.82) is 0 Å². The summed E-state index contributed by atoms with van der Waals surface area (Å²) in [6.07, 6.45) is 6.26. The molecule has 0 N–H and O–H groups in total. The molecular formula is C19H32O4. The molecular weight excluding hydrogens is 292 g/mol. The van der Waals surface area contributed by atoms with Gasteiger partial charge in [-0.25, -0.2) is 0 Å². The molecule has 3 aliphatic heterocycles. The van der Waals surface area contributed by atoms with Gasteiger partial charge in [-0.05, 0) is 44.9 Å². The average Bonchev–Trinajstić information content (AvgIpc) is 2.92. The summed E-state index contributed by atoms with van der Waals surface area (Å²) in [4.78, 5) is 0. The summed E-state index contributed by atoms with van der Waals surface area (Å²) in [6, 6.07) is 0. The van der Waals surface area contributed by atoms with Crippen LogP contribution < -0.4 is 0 Å². The molecule has 1 aliphatic carbocycles. The zero-order valence-corrected chi connectivity index (χ0v) is 15.2. The molecule has 0 amide bonds. The Morgan fingerprint density at radius 2 is 1.70 bits per heavy atom. The Morgan fingerprint density at radius 3 is 2.43 bits per heavy atom. The maximum absolute atomic E-state index is 6.71. The zero-order valence-electron chi connectivity index (χ0n) is 15.2. The molecule has 3 saturated heterocycles. The van der Waals surface area contributed by atoms with Crippen LogP contribution in [0.4, 0.5) is 0 Å². The number of hydrogen-bond donors (Lipinski definition) is 0. The van der Waals surface area contributed by atoms with Crippen LogP contribution in [0.5, 0.6) is 0 Å². The first-order valence-corrected chi connectivity index (χ1v) is 9.47. The first kappa shape index (κ1) is 16.3. The third kappa shape index (κ3) is 2.76.